The number of aryl methyl sites for hydroxylation is 1. The number of nitrogens with zero attached hydrogens (tertiary/aromatic N) is 2. The Morgan fingerprint density at radius 2 is 1.63 bits per heavy atom. The number of sulfonamides is 1. The van der Waals surface area contributed by atoms with Crippen molar-refractivity contribution in [2.24, 2.45) is 0 Å². The number of rotatable bonds is 6. The van der Waals surface area contributed by atoms with Gasteiger partial charge in [0.15, 0.2) is 0 Å². The minimum absolute atomic E-state index is 0.0513. The quantitative estimate of drug-likeness (QED) is 0.517. The first-order valence-electron chi connectivity index (χ1n) is 9.53. The van der Waals surface area contributed by atoms with Crippen molar-refractivity contribution in [2.75, 3.05) is 0 Å². The molecule has 0 saturated heterocycles. The van der Waals surface area contributed by atoms with Gasteiger partial charge < -0.3 is 4.57 Å². The lowest BCUT2D eigenvalue weighted by Crippen LogP contribution is -2.37. The highest BCUT2D eigenvalue weighted by molar-refractivity contribution is 7.90. The average Bonchev–Trinajstić information content (AvgIpc) is 3.16. The van der Waals surface area contributed by atoms with Gasteiger partial charge in [0, 0.05) is 6.42 Å². The Hall–Kier alpha value is -3.45. The van der Waals surface area contributed by atoms with Crippen LogP contribution in [0.5, 0.6) is 0 Å². The number of fused-ring (bicyclic) bond motifs is 1. The fourth-order valence-electron chi connectivity index (χ4n) is 3.36. The van der Waals surface area contributed by atoms with Crippen LogP contribution in [0.25, 0.3) is 11.0 Å². The summed E-state index contributed by atoms with van der Waals surface area (Å²) in [7, 11) is -3.99. The van der Waals surface area contributed by atoms with E-state index in [0.29, 0.717) is 6.42 Å². The van der Waals surface area contributed by atoms with Crippen molar-refractivity contribution in [1.82, 2.24) is 14.3 Å². The van der Waals surface area contributed by atoms with Crippen LogP contribution in [0.2, 0.25) is 0 Å². The Morgan fingerprint density at radius 1 is 0.967 bits per heavy atom. The van der Waals surface area contributed by atoms with Crippen molar-refractivity contribution >= 4 is 27.0 Å². The predicted molar refractivity (Wildman–Crippen MR) is 115 cm³/mol. The maximum atomic E-state index is 13.2. The minimum Gasteiger partial charge on any atom is -0.318 e. The molecule has 0 aliphatic heterocycles. The molecule has 7 heteroatoms. The lowest BCUT2D eigenvalue weighted by atomic mass is 10.1. The number of benzene rings is 3. The second-order valence-electron chi connectivity index (χ2n) is 7.13. The summed E-state index contributed by atoms with van der Waals surface area (Å²) in [5.41, 5.74) is 3.36. The summed E-state index contributed by atoms with van der Waals surface area (Å²) in [5, 5.41) is 0. The zero-order valence-corrected chi connectivity index (χ0v) is 17.2. The van der Waals surface area contributed by atoms with Crippen LogP contribution < -0.4 is 4.72 Å². The van der Waals surface area contributed by atoms with E-state index in [1.165, 1.54) is 12.1 Å². The number of hydrogen-bond acceptors (Lipinski definition) is 4. The summed E-state index contributed by atoms with van der Waals surface area (Å²) in [6.45, 7) is 1.87. The van der Waals surface area contributed by atoms with Crippen molar-refractivity contribution in [2.45, 2.75) is 24.3 Å². The van der Waals surface area contributed by atoms with E-state index in [4.69, 9.17) is 0 Å². The topological polar surface area (TPSA) is 81.1 Å². The summed E-state index contributed by atoms with van der Waals surface area (Å²) in [4.78, 5) is 17.6. The number of aromatic nitrogens is 2. The van der Waals surface area contributed by atoms with Crippen LogP contribution in [-0.2, 0) is 21.2 Å². The van der Waals surface area contributed by atoms with E-state index in [9.17, 15) is 13.2 Å². The van der Waals surface area contributed by atoms with E-state index in [1.54, 1.807) is 23.0 Å². The monoisotopic (exact) mass is 419 g/mol. The Bertz CT molecular complexity index is 1280. The fraction of sp³-hybridized carbons (Fsp3) is 0.130. The molecule has 1 aromatic heterocycles. The highest BCUT2D eigenvalue weighted by atomic mass is 32.2. The van der Waals surface area contributed by atoms with Gasteiger partial charge in [-0.15, -0.1) is 0 Å². The van der Waals surface area contributed by atoms with Crippen LogP contribution >= 0.6 is 0 Å². The third-order valence-electron chi connectivity index (χ3n) is 4.96. The molecule has 0 spiro atoms. The summed E-state index contributed by atoms with van der Waals surface area (Å²) in [6, 6.07) is 22.5. The molecule has 30 heavy (non-hydrogen) atoms. The van der Waals surface area contributed by atoms with Crippen molar-refractivity contribution in [1.29, 1.82) is 0 Å². The van der Waals surface area contributed by atoms with Crippen molar-refractivity contribution in [3.05, 3.63) is 96.3 Å². The molecule has 1 unspecified atom stereocenters. The highest BCUT2D eigenvalue weighted by Gasteiger charge is 2.27. The van der Waals surface area contributed by atoms with Gasteiger partial charge >= 0.3 is 0 Å². The zero-order chi connectivity index (χ0) is 21.1. The minimum atomic E-state index is -3.99. The van der Waals surface area contributed by atoms with E-state index in [2.05, 4.69) is 9.71 Å². The maximum absolute atomic E-state index is 13.2. The highest BCUT2D eigenvalue weighted by Crippen LogP contribution is 2.22. The zero-order valence-electron chi connectivity index (χ0n) is 16.4. The summed E-state index contributed by atoms with van der Waals surface area (Å²) < 4.78 is 29.5. The molecule has 152 valence electrons. The second kappa shape index (κ2) is 8.12. The van der Waals surface area contributed by atoms with Gasteiger partial charge in [0.25, 0.3) is 15.9 Å². The number of amides is 1. The number of imidazole rings is 1. The van der Waals surface area contributed by atoms with E-state index < -0.39 is 22.0 Å². The van der Waals surface area contributed by atoms with E-state index >= 15 is 0 Å². The van der Waals surface area contributed by atoms with Crippen LogP contribution in [-0.4, -0.2) is 23.9 Å². The molecule has 1 atom stereocenters. The maximum Gasteiger partial charge on any atom is 0.264 e. The molecule has 0 aliphatic carbocycles. The molecule has 6 nitrogen and oxygen atoms in total. The van der Waals surface area contributed by atoms with Crippen molar-refractivity contribution in [3.8, 4) is 0 Å². The third kappa shape index (κ3) is 4.11. The first kappa shape index (κ1) is 19.8. The van der Waals surface area contributed by atoms with Gasteiger partial charge in [-0.25, -0.2) is 18.1 Å². The largest absolute Gasteiger partial charge is 0.318 e. The van der Waals surface area contributed by atoms with Crippen LogP contribution in [0, 0.1) is 6.92 Å². The van der Waals surface area contributed by atoms with Gasteiger partial charge in [-0.3, -0.25) is 4.79 Å². The molecule has 1 heterocycles. The first-order valence-corrected chi connectivity index (χ1v) is 11.0. The molecule has 1 N–H and O–H groups in total. The van der Waals surface area contributed by atoms with E-state index in [-0.39, 0.29) is 4.90 Å². The first-order chi connectivity index (χ1) is 14.4. The molecule has 4 aromatic rings. The number of carbonyl (C=O) groups excluding carboxylic acids is 1. The molecule has 0 saturated carbocycles. The fourth-order valence-corrected chi connectivity index (χ4v) is 4.37. The van der Waals surface area contributed by atoms with Gasteiger partial charge in [-0.05, 0) is 36.8 Å². The van der Waals surface area contributed by atoms with Gasteiger partial charge in [-0.2, -0.15) is 0 Å². The van der Waals surface area contributed by atoms with Gasteiger partial charge in [-0.1, -0.05) is 60.2 Å². The standard InChI is InChI=1S/C23H21N3O3S/c1-17-11-13-19(14-12-17)30(28,29)25-23(27)22(15-18-7-3-2-4-8-18)26-16-24-20-9-5-6-10-21(20)26/h2-14,16,22H,15H2,1H3,(H,25,27). The Labute approximate surface area is 175 Å². The van der Waals surface area contributed by atoms with Crippen LogP contribution in [0.15, 0.2) is 90.1 Å². The molecule has 0 fully saturated rings. The smallest absolute Gasteiger partial charge is 0.264 e. The Kier molecular flexibility index (Phi) is 5.37. The third-order valence-corrected chi connectivity index (χ3v) is 6.32. The number of carbonyl (C=O) groups is 1. The molecular weight excluding hydrogens is 398 g/mol. The van der Waals surface area contributed by atoms with Crippen LogP contribution in [0.1, 0.15) is 17.2 Å². The van der Waals surface area contributed by atoms with Gasteiger partial charge in [0.2, 0.25) is 0 Å². The Balaban J connectivity index is 1.70. The average molecular weight is 420 g/mol. The number of nitrogens with one attached hydrogen (secondary N) is 1. The summed E-state index contributed by atoms with van der Waals surface area (Å²) in [6.07, 6.45) is 1.91. The molecule has 4 rings (SSSR count). The normalized spacial score (nSPS) is 12.6. The second-order valence-corrected chi connectivity index (χ2v) is 8.81. The lowest BCUT2D eigenvalue weighted by Gasteiger charge is -2.19. The van der Waals surface area contributed by atoms with Gasteiger partial charge in [0.05, 0.1) is 22.3 Å². The van der Waals surface area contributed by atoms with Gasteiger partial charge in [0.1, 0.15) is 6.04 Å². The van der Waals surface area contributed by atoms with Crippen LogP contribution in [0.4, 0.5) is 0 Å². The Morgan fingerprint density at radius 3 is 2.37 bits per heavy atom. The lowest BCUT2D eigenvalue weighted by molar-refractivity contribution is -0.122. The number of hydrogen-bond donors (Lipinski definition) is 1. The van der Waals surface area contributed by atoms with E-state index in [0.717, 1.165) is 22.2 Å². The molecule has 0 radical (unpaired) electrons. The van der Waals surface area contributed by atoms with Crippen molar-refractivity contribution < 1.29 is 13.2 Å². The molecule has 0 aliphatic rings. The summed E-state index contributed by atoms with van der Waals surface area (Å²) in [5.74, 6) is -0.609. The molecule has 3 aromatic carbocycles. The number of para-hydroxylation sites is 2. The predicted octanol–water partition coefficient (Wildman–Crippen LogP) is 3.63. The van der Waals surface area contributed by atoms with Crippen LogP contribution in [0.3, 0.4) is 0 Å². The molecule has 0 bridgehead atoms. The summed E-state index contributed by atoms with van der Waals surface area (Å²) >= 11 is 0. The SMILES string of the molecule is Cc1ccc(S(=O)(=O)NC(=O)C(Cc2ccccc2)n2cnc3ccccc32)cc1. The molecule has 1 amide bonds. The van der Waals surface area contributed by atoms with E-state index in [1.807, 2.05) is 61.5 Å². The molecular formula is C23H21N3O3S. The van der Waals surface area contributed by atoms with Crippen molar-refractivity contribution in [3.63, 3.8) is 0 Å².